The predicted molar refractivity (Wildman–Crippen MR) is 133 cm³/mol. The monoisotopic (exact) mass is 446 g/mol. The first kappa shape index (κ1) is 25.0. The Morgan fingerprint density at radius 3 is 1.80 bits per heavy atom. The Hall–Kier alpha value is -1.26. The number of aromatic hydroxyl groups is 1. The van der Waals surface area contributed by atoms with Crippen molar-refractivity contribution in [1.82, 2.24) is 0 Å². The highest BCUT2D eigenvalue weighted by Gasteiger charge is 2.00. The van der Waals surface area contributed by atoms with Crippen LogP contribution in [0.5, 0.6) is 11.5 Å². The summed E-state index contributed by atoms with van der Waals surface area (Å²) in [5.74, 6) is 3.54. The van der Waals surface area contributed by atoms with E-state index in [9.17, 15) is 5.11 Å². The normalized spacial score (nSPS) is 11.0. The maximum atomic E-state index is 9.36. The summed E-state index contributed by atoms with van der Waals surface area (Å²) in [5, 5.41) is 9.36. The molecule has 2 nitrogen and oxygen atoms in total. The van der Waals surface area contributed by atoms with Gasteiger partial charge < -0.3 is 9.84 Å². The number of rotatable bonds is 17. The van der Waals surface area contributed by atoms with Crippen molar-refractivity contribution in [2.75, 3.05) is 18.1 Å². The van der Waals surface area contributed by atoms with Gasteiger partial charge in [-0.2, -0.15) is 11.8 Å². The molecule has 2 aromatic rings. The summed E-state index contributed by atoms with van der Waals surface area (Å²) < 4.78 is 5.86. The Kier molecular flexibility index (Phi) is 13.7. The highest BCUT2D eigenvalue weighted by atomic mass is 32.2. The molecule has 0 atom stereocenters. The van der Waals surface area contributed by atoms with Crippen molar-refractivity contribution in [3.8, 4) is 11.5 Å². The van der Waals surface area contributed by atoms with E-state index in [2.05, 4.69) is 19.1 Å². The molecule has 1 N–H and O–H groups in total. The number of unbranched alkanes of at least 4 members (excludes halogenated alkanes) is 9. The number of hydrogen-bond acceptors (Lipinski definition) is 4. The summed E-state index contributed by atoms with van der Waals surface area (Å²) in [5.41, 5.74) is 0. The van der Waals surface area contributed by atoms with Crippen LogP contribution >= 0.6 is 23.5 Å². The van der Waals surface area contributed by atoms with Crippen LogP contribution in [0.3, 0.4) is 0 Å². The van der Waals surface area contributed by atoms with Gasteiger partial charge in [-0.1, -0.05) is 76.5 Å². The molecule has 0 aliphatic carbocycles. The fourth-order valence-electron chi connectivity index (χ4n) is 3.27. The van der Waals surface area contributed by atoms with Crippen LogP contribution in [0.1, 0.15) is 71.1 Å². The number of phenols is 1. The molecule has 0 bridgehead atoms. The highest BCUT2D eigenvalue weighted by Crippen LogP contribution is 2.30. The van der Waals surface area contributed by atoms with Gasteiger partial charge in [0.25, 0.3) is 0 Å². The Bertz CT molecular complexity index is 656. The first-order valence-electron chi connectivity index (χ1n) is 11.6. The van der Waals surface area contributed by atoms with Crippen molar-refractivity contribution in [1.29, 1.82) is 0 Å². The third kappa shape index (κ3) is 11.8. The third-order valence-corrected chi connectivity index (χ3v) is 7.08. The van der Waals surface area contributed by atoms with Crippen LogP contribution in [0.25, 0.3) is 0 Å². The SMILES string of the molecule is CCCCCCCCCCCCSCCOc1ccc(Sc2ccc(O)cc2)cc1. The molecule has 0 radical (unpaired) electrons. The van der Waals surface area contributed by atoms with Crippen LogP contribution in [0.15, 0.2) is 58.3 Å². The molecule has 166 valence electrons. The van der Waals surface area contributed by atoms with Crippen molar-refractivity contribution in [3.05, 3.63) is 48.5 Å². The van der Waals surface area contributed by atoms with Crippen molar-refractivity contribution in [2.45, 2.75) is 80.9 Å². The van der Waals surface area contributed by atoms with Gasteiger partial charge in [0.2, 0.25) is 0 Å². The van der Waals surface area contributed by atoms with E-state index in [0.717, 1.165) is 23.0 Å². The van der Waals surface area contributed by atoms with Crippen molar-refractivity contribution in [3.63, 3.8) is 0 Å². The second-order valence-electron chi connectivity index (χ2n) is 7.71. The molecule has 0 aromatic heterocycles. The van der Waals surface area contributed by atoms with Gasteiger partial charge in [0.05, 0.1) is 6.61 Å². The van der Waals surface area contributed by atoms with Gasteiger partial charge in [-0.25, -0.2) is 0 Å². The fourth-order valence-corrected chi connectivity index (χ4v) is 4.90. The molecule has 0 fully saturated rings. The van der Waals surface area contributed by atoms with Crippen LogP contribution in [-0.2, 0) is 0 Å². The lowest BCUT2D eigenvalue weighted by Crippen LogP contribution is -2.00. The van der Waals surface area contributed by atoms with Crippen LogP contribution in [-0.4, -0.2) is 23.2 Å². The van der Waals surface area contributed by atoms with Crippen molar-refractivity contribution in [2.24, 2.45) is 0 Å². The zero-order chi connectivity index (χ0) is 21.3. The smallest absolute Gasteiger partial charge is 0.119 e. The Morgan fingerprint density at radius 2 is 1.20 bits per heavy atom. The Labute approximate surface area is 192 Å². The predicted octanol–water partition coefficient (Wildman–Crippen LogP) is 8.58. The largest absolute Gasteiger partial charge is 0.508 e. The molecule has 0 aliphatic heterocycles. The minimum atomic E-state index is 0.300. The zero-order valence-electron chi connectivity index (χ0n) is 18.5. The summed E-state index contributed by atoms with van der Waals surface area (Å²) in [6.45, 7) is 3.05. The maximum absolute atomic E-state index is 9.36. The van der Waals surface area contributed by atoms with Gasteiger partial charge in [-0.3, -0.25) is 0 Å². The number of ether oxygens (including phenoxy) is 1. The van der Waals surface area contributed by atoms with Gasteiger partial charge in [0.1, 0.15) is 11.5 Å². The van der Waals surface area contributed by atoms with Gasteiger partial charge in [-0.05, 0) is 60.7 Å². The zero-order valence-corrected chi connectivity index (χ0v) is 20.1. The molecule has 0 saturated heterocycles. The van der Waals surface area contributed by atoms with E-state index in [1.165, 1.54) is 74.9 Å². The minimum Gasteiger partial charge on any atom is -0.508 e. The maximum Gasteiger partial charge on any atom is 0.119 e. The lowest BCUT2D eigenvalue weighted by Gasteiger charge is -2.07. The van der Waals surface area contributed by atoms with Gasteiger partial charge in [0, 0.05) is 15.5 Å². The molecule has 0 unspecified atom stereocenters. The van der Waals surface area contributed by atoms with Gasteiger partial charge in [-0.15, -0.1) is 0 Å². The summed E-state index contributed by atoms with van der Waals surface area (Å²) in [7, 11) is 0. The van der Waals surface area contributed by atoms with Crippen molar-refractivity contribution >= 4 is 23.5 Å². The molecule has 2 rings (SSSR count). The van der Waals surface area contributed by atoms with Crippen LogP contribution in [0.2, 0.25) is 0 Å². The average molecular weight is 447 g/mol. The summed E-state index contributed by atoms with van der Waals surface area (Å²) in [6.07, 6.45) is 14.0. The molecule has 30 heavy (non-hydrogen) atoms. The Morgan fingerprint density at radius 1 is 0.667 bits per heavy atom. The molecule has 0 aliphatic rings. The number of hydrogen-bond donors (Lipinski definition) is 1. The first-order chi connectivity index (χ1) is 14.8. The summed E-state index contributed by atoms with van der Waals surface area (Å²) >= 11 is 3.69. The Balaban J connectivity index is 1.43. The molecule has 2 aromatic carbocycles. The number of thioether (sulfide) groups is 1. The quantitative estimate of drug-likeness (QED) is 0.246. The third-order valence-electron chi connectivity index (χ3n) is 5.03. The summed E-state index contributed by atoms with van der Waals surface area (Å²) in [4.78, 5) is 2.29. The van der Waals surface area contributed by atoms with E-state index in [1.54, 1.807) is 23.9 Å². The molecular weight excluding hydrogens is 408 g/mol. The van der Waals surface area contributed by atoms with E-state index in [-0.39, 0.29) is 0 Å². The van der Waals surface area contributed by atoms with E-state index in [1.807, 2.05) is 36.0 Å². The summed E-state index contributed by atoms with van der Waals surface area (Å²) in [6, 6.07) is 15.5. The van der Waals surface area contributed by atoms with E-state index in [0.29, 0.717) is 5.75 Å². The van der Waals surface area contributed by atoms with Crippen LogP contribution < -0.4 is 4.74 Å². The average Bonchev–Trinajstić information content (AvgIpc) is 2.77. The van der Waals surface area contributed by atoms with E-state index in [4.69, 9.17) is 4.74 Å². The second-order valence-corrected chi connectivity index (χ2v) is 10.1. The molecule has 0 amide bonds. The second kappa shape index (κ2) is 16.4. The molecular formula is C26H38O2S2. The first-order valence-corrected chi connectivity index (χ1v) is 13.5. The molecule has 4 heteroatoms. The molecule has 0 heterocycles. The highest BCUT2D eigenvalue weighted by molar-refractivity contribution is 7.99. The molecule has 0 spiro atoms. The number of benzene rings is 2. The van der Waals surface area contributed by atoms with E-state index >= 15 is 0 Å². The minimum absolute atomic E-state index is 0.300. The van der Waals surface area contributed by atoms with Gasteiger partial charge >= 0.3 is 0 Å². The lowest BCUT2D eigenvalue weighted by atomic mass is 10.1. The van der Waals surface area contributed by atoms with E-state index < -0.39 is 0 Å². The fraction of sp³-hybridized carbons (Fsp3) is 0.538. The molecule has 0 saturated carbocycles. The van der Waals surface area contributed by atoms with Crippen molar-refractivity contribution < 1.29 is 9.84 Å². The van der Waals surface area contributed by atoms with Crippen LogP contribution in [0.4, 0.5) is 0 Å². The topological polar surface area (TPSA) is 29.5 Å². The van der Waals surface area contributed by atoms with Gasteiger partial charge in [0.15, 0.2) is 0 Å². The standard InChI is InChI=1S/C26H38O2S2/c1-2-3-4-5-6-7-8-9-10-11-21-29-22-20-28-24-14-18-26(19-15-24)30-25-16-12-23(27)13-17-25/h12-19,27H,2-11,20-22H2,1H3. The lowest BCUT2D eigenvalue weighted by molar-refractivity contribution is 0.343. The number of phenolic OH excluding ortho intramolecular Hbond substituents is 1. The van der Waals surface area contributed by atoms with Crippen LogP contribution in [0, 0.1) is 0 Å².